The highest BCUT2D eigenvalue weighted by Crippen LogP contribution is 2.03. The highest BCUT2D eigenvalue weighted by Gasteiger charge is 1.97. The summed E-state index contributed by atoms with van der Waals surface area (Å²) >= 11 is 5.49. The molecule has 0 heterocycles. The Kier molecular flexibility index (Phi) is 10.00. The van der Waals surface area contributed by atoms with Crippen molar-refractivity contribution in [3.05, 3.63) is 45.7 Å². The molecule has 0 radical (unpaired) electrons. The van der Waals surface area contributed by atoms with Gasteiger partial charge in [0.25, 0.3) is 0 Å². The van der Waals surface area contributed by atoms with Crippen molar-refractivity contribution < 1.29 is 4.92 Å². The highest BCUT2D eigenvalue weighted by atomic mass is 35.5. The second-order valence-electron chi connectivity index (χ2n) is 1.82. The Bertz CT molecular complexity index is 232. The predicted molar refractivity (Wildman–Crippen MR) is 56.2 cm³/mol. The molecule has 0 aliphatic heterocycles. The Labute approximate surface area is 83.6 Å². The molecule has 0 aromatic rings. The van der Waals surface area contributed by atoms with Gasteiger partial charge in [-0.3, -0.25) is 10.1 Å². The van der Waals surface area contributed by atoms with E-state index in [-0.39, 0.29) is 5.70 Å². The third-order valence-corrected chi connectivity index (χ3v) is 1.25. The fraction of sp³-hybridized carbons (Fsp3) is 0.333. The maximum absolute atomic E-state index is 10.0. The quantitative estimate of drug-likeness (QED) is 0.400. The van der Waals surface area contributed by atoms with Crippen LogP contribution in [-0.4, -0.2) is 4.92 Å². The van der Waals surface area contributed by atoms with Crippen molar-refractivity contribution in [3.63, 3.8) is 0 Å². The van der Waals surface area contributed by atoms with E-state index in [0.29, 0.717) is 5.03 Å². The molecule has 0 bridgehead atoms. The molecule has 0 saturated heterocycles. The molecule has 0 rings (SSSR count). The Hall–Kier alpha value is -1.09. The molecule has 0 aromatic carbocycles. The summed E-state index contributed by atoms with van der Waals surface area (Å²) < 4.78 is 0. The van der Waals surface area contributed by atoms with Gasteiger partial charge in [-0.25, -0.2) is 0 Å². The first kappa shape index (κ1) is 14.4. The van der Waals surface area contributed by atoms with E-state index in [4.69, 9.17) is 11.6 Å². The summed E-state index contributed by atoms with van der Waals surface area (Å²) in [7, 11) is 0. The third-order valence-electron chi connectivity index (χ3n) is 0.967. The van der Waals surface area contributed by atoms with Crippen LogP contribution in [0.2, 0.25) is 0 Å². The van der Waals surface area contributed by atoms with E-state index in [2.05, 4.69) is 6.58 Å². The Morgan fingerprint density at radius 3 is 2.23 bits per heavy atom. The van der Waals surface area contributed by atoms with Gasteiger partial charge in [0.1, 0.15) is 0 Å². The number of nitrogens with zero attached hydrogens (tertiary/aromatic N) is 1. The lowest BCUT2D eigenvalue weighted by Gasteiger charge is -1.85. The van der Waals surface area contributed by atoms with Crippen LogP contribution < -0.4 is 0 Å². The second-order valence-corrected chi connectivity index (χ2v) is 2.26. The lowest BCUT2D eigenvalue weighted by atomic mass is 10.4. The summed E-state index contributed by atoms with van der Waals surface area (Å²) in [6.07, 6.45) is 4.15. The molecule has 0 atom stereocenters. The van der Waals surface area contributed by atoms with Crippen LogP contribution in [0.3, 0.4) is 0 Å². The minimum absolute atomic E-state index is 0.0463. The molecule has 0 spiro atoms. The largest absolute Gasteiger partial charge is 0.259 e. The van der Waals surface area contributed by atoms with Gasteiger partial charge in [-0.2, -0.15) is 0 Å². The molecule has 0 amide bonds. The zero-order valence-electron chi connectivity index (χ0n) is 8.08. The molecule has 13 heavy (non-hydrogen) atoms. The van der Waals surface area contributed by atoms with E-state index in [9.17, 15) is 10.1 Å². The molecule has 3 nitrogen and oxygen atoms in total. The lowest BCUT2D eigenvalue weighted by molar-refractivity contribution is -0.424. The van der Waals surface area contributed by atoms with Crippen LogP contribution in [0.15, 0.2) is 35.5 Å². The molecular formula is C9H14ClNO2. The lowest BCUT2D eigenvalue weighted by Crippen LogP contribution is -1.91. The summed E-state index contributed by atoms with van der Waals surface area (Å²) in [6.45, 7) is 8.78. The topological polar surface area (TPSA) is 43.1 Å². The van der Waals surface area contributed by atoms with Gasteiger partial charge in [-0.05, 0) is 6.08 Å². The van der Waals surface area contributed by atoms with Gasteiger partial charge in [0.05, 0.1) is 4.92 Å². The molecule has 0 N–H and O–H groups in total. The van der Waals surface area contributed by atoms with Crippen molar-refractivity contribution in [2.45, 2.75) is 20.8 Å². The van der Waals surface area contributed by atoms with Gasteiger partial charge in [0, 0.05) is 18.0 Å². The Morgan fingerprint density at radius 1 is 1.46 bits per heavy atom. The monoisotopic (exact) mass is 203 g/mol. The van der Waals surface area contributed by atoms with Gasteiger partial charge < -0.3 is 0 Å². The van der Waals surface area contributed by atoms with Gasteiger partial charge in [-0.15, -0.1) is 0 Å². The van der Waals surface area contributed by atoms with E-state index >= 15 is 0 Å². The fourth-order valence-electron chi connectivity index (χ4n) is 0.329. The molecule has 4 heteroatoms. The standard InChI is InChI=1S/C7H8ClNO2.C2H6/c1-3-7(8)5-4-6(2)9(10)11;1-2/h3-5H,1H2,2H3;1-2H3/b6-4+,7-5+;. The van der Waals surface area contributed by atoms with Gasteiger partial charge in [0.2, 0.25) is 5.70 Å². The molecule has 74 valence electrons. The van der Waals surface area contributed by atoms with Gasteiger partial charge >= 0.3 is 0 Å². The molecule has 0 aliphatic rings. The van der Waals surface area contributed by atoms with E-state index in [1.807, 2.05) is 13.8 Å². The van der Waals surface area contributed by atoms with Crippen molar-refractivity contribution in [1.82, 2.24) is 0 Å². The maximum atomic E-state index is 10.0. The summed E-state index contributed by atoms with van der Waals surface area (Å²) in [6, 6.07) is 0. The molecular weight excluding hydrogens is 190 g/mol. The zero-order valence-corrected chi connectivity index (χ0v) is 8.84. The summed E-state index contributed by atoms with van der Waals surface area (Å²) in [4.78, 5) is 9.56. The van der Waals surface area contributed by atoms with Crippen molar-refractivity contribution in [2.75, 3.05) is 0 Å². The van der Waals surface area contributed by atoms with Crippen molar-refractivity contribution in [3.8, 4) is 0 Å². The molecule has 0 aromatic heterocycles. The SMILES string of the molecule is C=C/C(Cl)=C\C=C(/C)[N+](=O)[O-].CC. The van der Waals surface area contributed by atoms with E-state index in [1.165, 1.54) is 25.2 Å². The van der Waals surface area contributed by atoms with Crippen LogP contribution in [0, 0.1) is 10.1 Å². The average Bonchev–Trinajstić information content (AvgIpc) is 2.16. The Morgan fingerprint density at radius 2 is 1.92 bits per heavy atom. The molecule has 0 saturated carbocycles. The Balaban J connectivity index is 0. The first-order valence-electron chi connectivity index (χ1n) is 3.89. The zero-order chi connectivity index (χ0) is 10.9. The van der Waals surface area contributed by atoms with Crippen molar-refractivity contribution in [2.24, 2.45) is 0 Å². The summed E-state index contributed by atoms with van der Waals surface area (Å²) in [5, 5.41) is 10.4. The number of nitro groups is 1. The first-order chi connectivity index (χ1) is 6.07. The minimum atomic E-state index is -0.482. The average molecular weight is 204 g/mol. The molecule has 0 aliphatic carbocycles. The van der Waals surface area contributed by atoms with Gasteiger partial charge in [-0.1, -0.05) is 38.1 Å². The first-order valence-corrected chi connectivity index (χ1v) is 4.26. The summed E-state index contributed by atoms with van der Waals surface area (Å²) in [5.74, 6) is 0. The number of hydrogen-bond acceptors (Lipinski definition) is 2. The number of rotatable bonds is 3. The highest BCUT2D eigenvalue weighted by molar-refractivity contribution is 6.31. The third kappa shape index (κ3) is 8.82. The van der Waals surface area contributed by atoms with Gasteiger partial charge in [0.15, 0.2) is 0 Å². The van der Waals surface area contributed by atoms with Crippen molar-refractivity contribution in [1.29, 1.82) is 0 Å². The number of hydrogen-bond donors (Lipinski definition) is 0. The minimum Gasteiger partial charge on any atom is -0.259 e. The normalized spacial score (nSPS) is 11.4. The van der Waals surface area contributed by atoms with E-state index < -0.39 is 4.92 Å². The van der Waals surface area contributed by atoms with Crippen LogP contribution >= 0.6 is 11.6 Å². The smallest absolute Gasteiger partial charge is 0.243 e. The predicted octanol–water partition coefficient (Wildman–Crippen LogP) is 3.50. The second kappa shape index (κ2) is 9.00. The van der Waals surface area contributed by atoms with Crippen LogP contribution in [0.25, 0.3) is 0 Å². The van der Waals surface area contributed by atoms with E-state index in [1.54, 1.807) is 0 Å². The maximum Gasteiger partial charge on any atom is 0.243 e. The molecule has 0 fully saturated rings. The summed E-state index contributed by atoms with van der Waals surface area (Å²) in [5.41, 5.74) is 0.0463. The number of halogens is 1. The van der Waals surface area contributed by atoms with Crippen LogP contribution in [0.5, 0.6) is 0 Å². The van der Waals surface area contributed by atoms with Crippen molar-refractivity contribution >= 4 is 11.6 Å². The van der Waals surface area contributed by atoms with Crippen LogP contribution in [-0.2, 0) is 0 Å². The van der Waals surface area contributed by atoms with Crippen LogP contribution in [0.1, 0.15) is 20.8 Å². The van der Waals surface area contributed by atoms with E-state index in [0.717, 1.165) is 0 Å². The fourth-order valence-corrected chi connectivity index (χ4v) is 0.392. The van der Waals surface area contributed by atoms with Crippen LogP contribution in [0.4, 0.5) is 0 Å². The molecule has 0 unspecified atom stereocenters. The number of allylic oxidation sites excluding steroid dienone is 5.